The van der Waals surface area contributed by atoms with Crippen molar-refractivity contribution in [3.63, 3.8) is 0 Å². The van der Waals surface area contributed by atoms with Crippen molar-refractivity contribution in [2.45, 2.75) is 77.6 Å². The summed E-state index contributed by atoms with van der Waals surface area (Å²) in [5.41, 5.74) is 0. The average molecular weight is 236 g/mol. The molecule has 0 unspecified atom stereocenters. The predicted octanol–water partition coefficient (Wildman–Crippen LogP) is 4.74. The predicted molar refractivity (Wildman–Crippen MR) is 71.9 cm³/mol. The van der Waals surface area contributed by atoms with E-state index in [1.807, 2.05) is 0 Å². The van der Waals surface area contributed by atoms with Crippen molar-refractivity contribution in [3.05, 3.63) is 0 Å². The Morgan fingerprint density at radius 1 is 0.941 bits per heavy atom. The zero-order valence-electron chi connectivity index (χ0n) is 11.4. The van der Waals surface area contributed by atoms with Gasteiger partial charge >= 0.3 is 0 Å². The third-order valence-corrected chi connectivity index (χ3v) is 5.15. The highest BCUT2D eigenvalue weighted by atomic mass is 16.1. The van der Waals surface area contributed by atoms with Gasteiger partial charge in [0, 0.05) is 12.3 Å². The molecule has 0 aromatic carbocycles. The molecule has 2 rings (SSSR count). The summed E-state index contributed by atoms with van der Waals surface area (Å²) in [6, 6.07) is 0. The van der Waals surface area contributed by atoms with Crippen LogP contribution in [0, 0.1) is 17.8 Å². The molecule has 0 amide bonds. The van der Waals surface area contributed by atoms with Crippen molar-refractivity contribution in [2.75, 3.05) is 0 Å². The molecule has 0 aromatic rings. The minimum atomic E-state index is 0.430. The van der Waals surface area contributed by atoms with Crippen LogP contribution < -0.4 is 0 Å². The molecule has 2 saturated carbocycles. The van der Waals surface area contributed by atoms with Gasteiger partial charge in [-0.15, -0.1) is 0 Å². The largest absolute Gasteiger partial charge is 0.299 e. The fraction of sp³-hybridized carbons (Fsp3) is 0.938. The number of ketones is 1. The first-order chi connectivity index (χ1) is 8.29. The van der Waals surface area contributed by atoms with Crippen LogP contribution in [0.5, 0.6) is 0 Å². The highest BCUT2D eigenvalue weighted by molar-refractivity contribution is 5.81. The van der Waals surface area contributed by atoms with Gasteiger partial charge in [-0.25, -0.2) is 0 Å². The van der Waals surface area contributed by atoms with Crippen LogP contribution in [0.4, 0.5) is 0 Å². The van der Waals surface area contributed by atoms with E-state index in [4.69, 9.17) is 0 Å². The number of hydrogen-bond donors (Lipinski definition) is 0. The van der Waals surface area contributed by atoms with Gasteiger partial charge in [0.05, 0.1) is 0 Å². The number of rotatable bonds is 5. The van der Waals surface area contributed by atoms with Crippen LogP contribution in [0.25, 0.3) is 0 Å². The maximum atomic E-state index is 12.1. The summed E-state index contributed by atoms with van der Waals surface area (Å²) < 4.78 is 0. The molecule has 0 heterocycles. The lowest BCUT2D eigenvalue weighted by molar-refractivity contribution is -0.124. The zero-order valence-corrected chi connectivity index (χ0v) is 11.4. The van der Waals surface area contributed by atoms with Crippen molar-refractivity contribution >= 4 is 5.78 Å². The first kappa shape index (κ1) is 13.1. The SMILES string of the molecule is CCC1CCC(C(=O)CCC2CCCC2)CC1. The van der Waals surface area contributed by atoms with Gasteiger partial charge in [-0.05, 0) is 43.9 Å². The third kappa shape index (κ3) is 3.82. The van der Waals surface area contributed by atoms with Gasteiger partial charge in [0.2, 0.25) is 0 Å². The van der Waals surface area contributed by atoms with Gasteiger partial charge in [0.15, 0.2) is 0 Å². The first-order valence-electron chi connectivity index (χ1n) is 7.82. The maximum Gasteiger partial charge on any atom is 0.135 e. The van der Waals surface area contributed by atoms with Gasteiger partial charge in [0.25, 0.3) is 0 Å². The molecule has 0 aliphatic heterocycles. The van der Waals surface area contributed by atoms with Crippen LogP contribution in [0.3, 0.4) is 0 Å². The molecule has 2 aliphatic rings. The Kier molecular flexibility index (Phi) is 5.06. The molecule has 0 N–H and O–H groups in total. The van der Waals surface area contributed by atoms with E-state index in [1.54, 1.807) is 0 Å². The van der Waals surface area contributed by atoms with Gasteiger partial charge in [-0.3, -0.25) is 4.79 Å². The lowest BCUT2D eigenvalue weighted by Crippen LogP contribution is -2.22. The van der Waals surface area contributed by atoms with Gasteiger partial charge in [0.1, 0.15) is 5.78 Å². The molecule has 1 heteroatoms. The summed E-state index contributed by atoms with van der Waals surface area (Å²) in [5.74, 6) is 2.81. The minimum Gasteiger partial charge on any atom is -0.299 e. The van der Waals surface area contributed by atoms with E-state index in [0.717, 1.165) is 18.3 Å². The first-order valence-corrected chi connectivity index (χ1v) is 7.82. The summed E-state index contributed by atoms with van der Waals surface area (Å²) in [6.07, 6.45) is 13.9. The minimum absolute atomic E-state index is 0.430. The number of hydrogen-bond acceptors (Lipinski definition) is 1. The van der Waals surface area contributed by atoms with Crippen molar-refractivity contribution in [1.82, 2.24) is 0 Å². The molecule has 0 bridgehead atoms. The van der Waals surface area contributed by atoms with Crippen LogP contribution in [0.2, 0.25) is 0 Å². The monoisotopic (exact) mass is 236 g/mol. The highest BCUT2D eigenvalue weighted by Gasteiger charge is 2.26. The van der Waals surface area contributed by atoms with Crippen molar-refractivity contribution in [3.8, 4) is 0 Å². The Labute approximate surface area is 106 Å². The summed E-state index contributed by atoms with van der Waals surface area (Å²) in [6.45, 7) is 2.28. The van der Waals surface area contributed by atoms with E-state index in [-0.39, 0.29) is 0 Å². The van der Waals surface area contributed by atoms with Crippen LogP contribution in [0.15, 0.2) is 0 Å². The van der Waals surface area contributed by atoms with E-state index < -0.39 is 0 Å². The van der Waals surface area contributed by atoms with E-state index in [2.05, 4.69) is 6.92 Å². The van der Waals surface area contributed by atoms with Gasteiger partial charge in [-0.2, -0.15) is 0 Å². The van der Waals surface area contributed by atoms with Crippen LogP contribution in [-0.4, -0.2) is 5.78 Å². The second-order valence-electron chi connectivity index (χ2n) is 6.28. The standard InChI is InChI=1S/C16H28O/c1-2-13-7-10-15(11-8-13)16(17)12-9-14-5-3-4-6-14/h13-15H,2-12H2,1H3. The molecule has 0 spiro atoms. The summed E-state index contributed by atoms with van der Waals surface area (Å²) in [7, 11) is 0. The summed E-state index contributed by atoms with van der Waals surface area (Å²) >= 11 is 0. The van der Waals surface area contributed by atoms with Crippen LogP contribution >= 0.6 is 0 Å². The molecular formula is C16H28O. The van der Waals surface area contributed by atoms with E-state index in [9.17, 15) is 4.79 Å². The Morgan fingerprint density at radius 3 is 2.18 bits per heavy atom. The molecule has 98 valence electrons. The Bertz CT molecular complexity index is 232. The Morgan fingerprint density at radius 2 is 1.59 bits per heavy atom. The Balaban J connectivity index is 1.66. The van der Waals surface area contributed by atoms with E-state index in [0.29, 0.717) is 11.7 Å². The molecule has 0 atom stereocenters. The maximum absolute atomic E-state index is 12.1. The molecule has 0 radical (unpaired) electrons. The van der Waals surface area contributed by atoms with Crippen LogP contribution in [-0.2, 0) is 4.79 Å². The zero-order chi connectivity index (χ0) is 12.1. The highest BCUT2D eigenvalue weighted by Crippen LogP contribution is 2.33. The van der Waals surface area contributed by atoms with Crippen molar-refractivity contribution in [2.24, 2.45) is 17.8 Å². The van der Waals surface area contributed by atoms with Crippen molar-refractivity contribution in [1.29, 1.82) is 0 Å². The summed E-state index contributed by atoms with van der Waals surface area (Å²) in [5, 5.41) is 0. The number of carbonyl (C=O) groups excluding carboxylic acids is 1. The topological polar surface area (TPSA) is 17.1 Å². The lowest BCUT2D eigenvalue weighted by atomic mass is 9.78. The fourth-order valence-corrected chi connectivity index (χ4v) is 3.74. The molecule has 2 aliphatic carbocycles. The van der Waals surface area contributed by atoms with E-state index >= 15 is 0 Å². The number of Topliss-reactive ketones (excluding diaryl/α,β-unsaturated/α-hetero) is 1. The van der Waals surface area contributed by atoms with Crippen molar-refractivity contribution < 1.29 is 4.79 Å². The Hall–Kier alpha value is -0.330. The lowest BCUT2D eigenvalue weighted by Gasteiger charge is -2.27. The third-order valence-electron chi connectivity index (χ3n) is 5.15. The molecule has 1 nitrogen and oxygen atoms in total. The van der Waals surface area contributed by atoms with Gasteiger partial charge < -0.3 is 0 Å². The summed E-state index contributed by atoms with van der Waals surface area (Å²) in [4.78, 5) is 12.1. The smallest absolute Gasteiger partial charge is 0.135 e. The van der Waals surface area contributed by atoms with Gasteiger partial charge in [-0.1, -0.05) is 39.0 Å². The molecule has 2 fully saturated rings. The quantitative estimate of drug-likeness (QED) is 0.673. The molecular weight excluding hydrogens is 208 g/mol. The average Bonchev–Trinajstić information content (AvgIpc) is 2.89. The second-order valence-corrected chi connectivity index (χ2v) is 6.28. The molecule has 17 heavy (non-hydrogen) atoms. The van der Waals surface area contributed by atoms with Crippen LogP contribution in [0.1, 0.15) is 77.6 Å². The number of carbonyl (C=O) groups is 1. The fourth-order valence-electron chi connectivity index (χ4n) is 3.74. The van der Waals surface area contributed by atoms with E-state index in [1.165, 1.54) is 64.2 Å². The molecule has 0 aromatic heterocycles. The molecule has 0 saturated heterocycles. The normalized spacial score (nSPS) is 30.6. The second kappa shape index (κ2) is 6.56.